The molecule has 0 rings (SSSR count). The van der Waals surface area contributed by atoms with Crippen molar-refractivity contribution >= 4 is 17.6 Å². The van der Waals surface area contributed by atoms with Crippen molar-refractivity contribution in [2.75, 3.05) is 12.5 Å². The van der Waals surface area contributed by atoms with Crippen LogP contribution in [0.3, 0.4) is 0 Å². The molecule has 0 atom stereocenters. The number of allylic oxidation sites excluding steroid dienone is 1. The molecule has 0 aliphatic carbocycles. The Hall–Kier alpha value is -0.500. The zero-order chi connectivity index (χ0) is 7.98. The summed E-state index contributed by atoms with van der Waals surface area (Å²) in [5.41, 5.74) is 1.02. The van der Waals surface area contributed by atoms with Gasteiger partial charge in [-0.1, -0.05) is 5.57 Å². The van der Waals surface area contributed by atoms with Gasteiger partial charge in [-0.15, -0.1) is 11.6 Å². The summed E-state index contributed by atoms with van der Waals surface area (Å²) in [4.78, 5) is 10.2. The lowest BCUT2D eigenvalue weighted by molar-refractivity contribution is -0.139. The van der Waals surface area contributed by atoms with Crippen molar-refractivity contribution in [3.63, 3.8) is 0 Å². The van der Waals surface area contributed by atoms with Gasteiger partial charge in [-0.2, -0.15) is 0 Å². The Bertz CT molecular complexity index is 141. The number of esters is 1. The third kappa shape index (κ3) is 5.63. The molecule has 0 aromatic rings. The van der Waals surface area contributed by atoms with Crippen molar-refractivity contribution in [1.29, 1.82) is 0 Å². The van der Waals surface area contributed by atoms with E-state index >= 15 is 0 Å². The number of ether oxygens (including phenoxy) is 1. The number of carbonyl (C=O) groups is 1. The van der Waals surface area contributed by atoms with Crippen molar-refractivity contribution < 1.29 is 9.53 Å². The molecule has 0 aromatic carbocycles. The standard InChI is InChI=1S/C7H11ClO2/c1-6(5-8)3-4-10-7(2)9/h3H,4-5H2,1-2H3/b6-3-. The molecule has 2 nitrogen and oxygen atoms in total. The fourth-order valence-electron chi connectivity index (χ4n) is 0.356. The molecule has 0 aromatic heterocycles. The van der Waals surface area contributed by atoms with Crippen molar-refractivity contribution in [1.82, 2.24) is 0 Å². The van der Waals surface area contributed by atoms with E-state index in [-0.39, 0.29) is 5.97 Å². The molecule has 0 N–H and O–H groups in total. The second-order valence-electron chi connectivity index (χ2n) is 1.99. The minimum atomic E-state index is -0.265. The highest BCUT2D eigenvalue weighted by Crippen LogP contribution is 1.94. The molecule has 0 saturated carbocycles. The van der Waals surface area contributed by atoms with Crippen molar-refractivity contribution in [2.45, 2.75) is 13.8 Å². The molecule has 0 heterocycles. The number of alkyl halides is 1. The van der Waals surface area contributed by atoms with Gasteiger partial charge in [0, 0.05) is 12.8 Å². The van der Waals surface area contributed by atoms with E-state index in [0.29, 0.717) is 12.5 Å². The smallest absolute Gasteiger partial charge is 0.302 e. The maximum atomic E-state index is 10.2. The van der Waals surface area contributed by atoms with Gasteiger partial charge in [0.25, 0.3) is 0 Å². The molecule has 10 heavy (non-hydrogen) atoms. The number of hydrogen-bond acceptors (Lipinski definition) is 2. The fourth-order valence-corrected chi connectivity index (χ4v) is 0.465. The molecular formula is C7H11ClO2. The van der Waals surface area contributed by atoms with E-state index in [1.54, 1.807) is 6.08 Å². The van der Waals surface area contributed by atoms with Crippen LogP contribution in [0.1, 0.15) is 13.8 Å². The van der Waals surface area contributed by atoms with Gasteiger partial charge in [0.15, 0.2) is 0 Å². The Kier molecular flexibility index (Phi) is 5.03. The van der Waals surface area contributed by atoms with Crippen LogP contribution in [-0.2, 0) is 9.53 Å². The van der Waals surface area contributed by atoms with E-state index in [1.807, 2.05) is 6.92 Å². The second kappa shape index (κ2) is 5.30. The van der Waals surface area contributed by atoms with Crippen LogP contribution in [0, 0.1) is 0 Å². The average Bonchev–Trinajstić information content (AvgIpc) is 1.87. The lowest BCUT2D eigenvalue weighted by Gasteiger charge is -1.96. The predicted molar refractivity (Wildman–Crippen MR) is 41.1 cm³/mol. The zero-order valence-corrected chi connectivity index (χ0v) is 6.94. The molecule has 0 unspecified atom stereocenters. The third-order valence-electron chi connectivity index (χ3n) is 0.929. The Morgan fingerprint density at radius 2 is 2.20 bits per heavy atom. The Labute approximate surface area is 65.8 Å². The van der Waals surface area contributed by atoms with Crippen LogP contribution in [0.15, 0.2) is 11.6 Å². The number of halogens is 1. The van der Waals surface area contributed by atoms with Gasteiger partial charge in [-0.3, -0.25) is 4.79 Å². The molecule has 58 valence electrons. The number of carbonyl (C=O) groups excluding carboxylic acids is 1. The molecule has 0 amide bonds. The first-order valence-electron chi connectivity index (χ1n) is 3.01. The van der Waals surface area contributed by atoms with E-state index in [4.69, 9.17) is 11.6 Å². The Morgan fingerprint density at radius 1 is 1.60 bits per heavy atom. The van der Waals surface area contributed by atoms with Crippen molar-refractivity contribution in [3.8, 4) is 0 Å². The first-order chi connectivity index (χ1) is 4.66. The van der Waals surface area contributed by atoms with E-state index in [2.05, 4.69) is 4.74 Å². The number of hydrogen-bond donors (Lipinski definition) is 0. The summed E-state index contributed by atoms with van der Waals surface area (Å²) in [7, 11) is 0. The highest BCUT2D eigenvalue weighted by molar-refractivity contribution is 6.19. The lowest BCUT2D eigenvalue weighted by Crippen LogP contribution is -1.98. The van der Waals surface area contributed by atoms with Gasteiger partial charge >= 0.3 is 5.97 Å². The van der Waals surface area contributed by atoms with Crippen LogP contribution in [0.5, 0.6) is 0 Å². The molecular weight excluding hydrogens is 152 g/mol. The van der Waals surface area contributed by atoms with E-state index in [1.165, 1.54) is 6.92 Å². The quantitative estimate of drug-likeness (QED) is 0.359. The van der Waals surface area contributed by atoms with Gasteiger partial charge in [0.2, 0.25) is 0 Å². The summed E-state index contributed by atoms with van der Waals surface area (Å²) in [6.07, 6.45) is 1.79. The second-order valence-corrected chi connectivity index (χ2v) is 2.25. The van der Waals surface area contributed by atoms with Crippen LogP contribution in [-0.4, -0.2) is 18.5 Å². The number of rotatable bonds is 3. The predicted octanol–water partition coefficient (Wildman–Crippen LogP) is 1.73. The lowest BCUT2D eigenvalue weighted by atomic mass is 10.3. The van der Waals surface area contributed by atoms with E-state index in [9.17, 15) is 4.79 Å². The van der Waals surface area contributed by atoms with Crippen LogP contribution in [0.4, 0.5) is 0 Å². The summed E-state index contributed by atoms with van der Waals surface area (Å²) in [6.45, 7) is 3.59. The Balaban J connectivity index is 3.43. The molecule has 0 spiro atoms. The fraction of sp³-hybridized carbons (Fsp3) is 0.571. The van der Waals surface area contributed by atoms with Crippen molar-refractivity contribution in [2.24, 2.45) is 0 Å². The molecule has 3 heteroatoms. The monoisotopic (exact) mass is 162 g/mol. The van der Waals surface area contributed by atoms with Gasteiger partial charge in [0.05, 0.1) is 0 Å². The summed E-state index contributed by atoms with van der Waals surface area (Å²) >= 11 is 5.46. The Morgan fingerprint density at radius 3 is 2.60 bits per heavy atom. The van der Waals surface area contributed by atoms with Gasteiger partial charge in [-0.25, -0.2) is 0 Å². The molecule has 0 aliphatic rings. The first-order valence-corrected chi connectivity index (χ1v) is 3.55. The van der Waals surface area contributed by atoms with Gasteiger partial charge in [0.1, 0.15) is 6.61 Å². The van der Waals surface area contributed by atoms with Gasteiger partial charge in [-0.05, 0) is 13.0 Å². The van der Waals surface area contributed by atoms with Crippen molar-refractivity contribution in [3.05, 3.63) is 11.6 Å². The highest BCUT2D eigenvalue weighted by atomic mass is 35.5. The first kappa shape index (κ1) is 9.50. The summed E-state index contributed by atoms with van der Waals surface area (Å²) < 4.78 is 4.64. The van der Waals surface area contributed by atoms with Crippen LogP contribution >= 0.6 is 11.6 Å². The molecule has 0 aliphatic heterocycles. The topological polar surface area (TPSA) is 26.3 Å². The van der Waals surface area contributed by atoms with Crippen LogP contribution in [0.25, 0.3) is 0 Å². The maximum absolute atomic E-state index is 10.2. The van der Waals surface area contributed by atoms with Crippen LogP contribution < -0.4 is 0 Å². The summed E-state index contributed by atoms with van der Waals surface area (Å²) in [6, 6.07) is 0. The van der Waals surface area contributed by atoms with E-state index in [0.717, 1.165) is 5.57 Å². The van der Waals surface area contributed by atoms with E-state index < -0.39 is 0 Å². The molecule has 0 saturated heterocycles. The summed E-state index contributed by atoms with van der Waals surface area (Å²) in [5.74, 6) is 0.222. The largest absolute Gasteiger partial charge is 0.462 e. The molecule has 0 radical (unpaired) electrons. The minimum absolute atomic E-state index is 0.265. The zero-order valence-electron chi connectivity index (χ0n) is 6.19. The minimum Gasteiger partial charge on any atom is -0.462 e. The SMILES string of the molecule is CC(=O)OC/C=C(/C)CCl. The highest BCUT2D eigenvalue weighted by Gasteiger charge is 1.88. The molecule has 0 fully saturated rings. The normalized spacial score (nSPS) is 11.3. The maximum Gasteiger partial charge on any atom is 0.302 e. The third-order valence-corrected chi connectivity index (χ3v) is 1.35. The summed E-state index contributed by atoms with van der Waals surface area (Å²) in [5, 5.41) is 0. The average molecular weight is 163 g/mol. The van der Waals surface area contributed by atoms with Crippen LogP contribution in [0.2, 0.25) is 0 Å². The molecule has 0 bridgehead atoms. The van der Waals surface area contributed by atoms with Gasteiger partial charge < -0.3 is 4.74 Å².